The molecule has 0 bridgehead atoms. The Morgan fingerprint density at radius 2 is 2.04 bits per heavy atom. The fourth-order valence-electron chi connectivity index (χ4n) is 2.97. The Bertz CT molecular complexity index is 966. The Labute approximate surface area is 144 Å². The minimum Gasteiger partial charge on any atom is -0.370 e. The zero-order chi connectivity index (χ0) is 18.0. The average Bonchev–Trinajstić information content (AvgIpc) is 2.60. The highest BCUT2D eigenvalue weighted by Crippen LogP contribution is 2.35. The van der Waals surface area contributed by atoms with E-state index in [9.17, 15) is 14.4 Å². The van der Waals surface area contributed by atoms with Gasteiger partial charge in [-0.2, -0.15) is 10.3 Å². The number of rotatable bonds is 2. The topological polar surface area (TPSA) is 105 Å². The maximum absolute atomic E-state index is 14.4. The number of amides is 1. The quantitative estimate of drug-likeness (QED) is 0.650. The molecule has 6 heteroatoms. The van der Waals surface area contributed by atoms with Crippen molar-refractivity contribution >= 4 is 17.4 Å². The van der Waals surface area contributed by atoms with Crippen LogP contribution in [0.5, 0.6) is 0 Å². The third-order valence-corrected chi connectivity index (χ3v) is 4.04. The molecule has 3 rings (SSSR count). The minimum absolute atomic E-state index is 0.248. The molecular weight excluding hydrogens is 319 g/mol. The van der Waals surface area contributed by atoms with Crippen LogP contribution < -0.4 is 11.5 Å². The van der Waals surface area contributed by atoms with E-state index in [4.69, 9.17) is 11.5 Å². The summed E-state index contributed by atoms with van der Waals surface area (Å²) in [6.07, 6.45) is 3.38. The van der Waals surface area contributed by atoms with Crippen LogP contribution in [0.25, 0.3) is 5.57 Å². The zero-order valence-corrected chi connectivity index (χ0v) is 13.3. The van der Waals surface area contributed by atoms with E-state index in [0.29, 0.717) is 16.7 Å². The summed E-state index contributed by atoms with van der Waals surface area (Å²) >= 11 is 0. The maximum Gasteiger partial charge on any atom is 0.280 e. The van der Waals surface area contributed by atoms with E-state index in [1.807, 2.05) is 18.2 Å². The lowest BCUT2D eigenvalue weighted by atomic mass is 9.84. The summed E-state index contributed by atoms with van der Waals surface area (Å²) in [4.78, 5) is 15.6. The summed E-state index contributed by atoms with van der Waals surface area (Å²) in [7, 11) is 0. The lowest BCUT2D eigenvalue weighted by Gasteiger charge is -2.20. The third-order valence-electron chi connectivity index (χ3n) is 4.04. The van der Waals surface area contributed by atoms with Gasteiger partial charge in [0, 0.05) is 11.1 Å². The molecule has 25 heavy (non-hydrogen) atoms. The fraction of sp³-hybridized carbons (Fsp3) is 0.105. The Morgan fingerprint density at radius 1 is 1.24 bits per heavy atom. The van der Waals surface area contributed by atoms with Gasteiger partial charge in [-0.1, -0.05) is 18.2 Å². The Morgan fingerprint density at radius 3 is 2.76 bits per heavy atom. The van der Waals surface area contributed by atoms with Crippen LogP contribution in [0.2, 0.25) is 0 Å². The molecule has 1 aliphatic rings. The molecule has 0 aromatic heterocycles. The van der Waals surface area contributed by atoms with Crippen LogP contribution >= 0.6 is 0 Å². The number of guanidine groups is 1. The van der Waals surface area contributed by atoms with Crippen LogP contribution in [0.4, 0.5) is 4.39 Å². The highest BCUT2D eigenvalue weighted by molar-refractivity contribution is 6.02. The molecular formula is C19H15FN4O. The summed E-state index contributed by atoms with van der Waals surface area (Å²) in [5.41, 5.74) is 13.6. The summed E-state index contributed by atoms with van der Waals surface area (Å²) in [5, 5.41) is 9.32. The maximum atomic E-state index is 14.4. The Hall–Kier alpha value is -3.46. The number of benzene rings is 2. The van der Waals surface area contributed by atoms with Gasteiger partial charge in [0.15, 0.2) is 5.96 Å². The van der Waals surface area contributed by atoms with Crippen molar-refractivity contribution < 1.29 is 9.18 Å². The fourth-order valence-corrected chi connectivity index (χ4v) is 2.97. The van der Waals surface area contributed by atoms with Gasteiger partial charge in [0.1, 0.15) is 5.82 Å². The van der Waals surface area contributed by atoms with Gasteiger partial charge in [-0.15, -0.1) is 0 Å². The molecule has 0 spiro atoms. The number of carbonyl (C=O) groups excluding carboxylic acids is 1. The van der Waals surface area contributed by atoms with Crippen LogP contribution in [0.1, 0.15) is 39.0 Å². The molecule has 0 unspecified atom stereocenters. The van der Waals surface area contributed by atoms with Crippen molar-refractivity contribution in [3.63, 3.8) is 0 Å². The van der Waals surface area contributed by atoms with Crippen molar-refractivity contribution in [3.8, 4) is 6.07 Å². The lowest BCUT2D eigenvalue weighted by molar-refractivity contribution is 0.100. The first-order valence-electron chi connectivity index (χ1n) is 7.67. The van der Waals surface area contributed by atoms with Crippen LogP contribution in [-0.4, -0.2) is 11.9 Å². The number of allylic oxidation sites excluding steroid dienone is 1. The van der Waals surface area contributed by atoms with Crippen molar-refractivity contribution in [3.05, 3.63) is 76.1 Å². The number of carbonyl (C=O) groups is 1. The number of nitrogens with zero attached hydrogens (tertiary/aromatic N) is 2. The van der Waals surface area contributed by atoms with Gasteiger partial charge in [-0.05, 0) is 53.8 Å². The molecule has 0 aliphatic heterocycles. The number of aliphatic imine (C=N–C) groups is 1. The highest BCUT2D eigenvalue weighted by atomic mass is 19.1. The monoisotopic (exact) mass is 334 g/mol. The first-order chi connectivity index (χ1) is 12.0. The van der Waals surface area contributed by atoms with Gasteiger partial charge in [0.2, 0.25) is 0 Å². The zero-order valence-electron chi connectivity index (χ0n) is 13.3. The van der Waals surface area contributed by atoms with Crippen molar-refractivity contribution in [2.75, 3.05) is 0 Å². The van der Waals surface area contributed by atoms with Crippen molar-refractivity contribution in [1.82, 2.24) is 0 Å². The predicted molar refractivity (Wildman–Crippen MR) is 93.1 cm³/mol. The summed E-state index contributed by atoms with van der Waals surface area (Å²) in [6.45, 7) is 0. The van der Waals surface area contributed by atoms with E-state index in [-0.39, 0.29) is 17.1 Å². The largest absolute Gasteiger partial charge is 0.370 e. The molecule has 5 nitrogen and oxygen atoms in total. The molecule has 124 valence electrons. The average molecular weight is 334 g/mol. The van der Waals surface area contributed by atoms with Crippen LogP contribution in [0.15, 0.2) is 47.5 Å². The van der Waals surface area contributed by atoms with Crippen molar-refractivity contribution in [2.24, 2.45) is 16.5 Å². The lowest BCUT2D eigenvalue weighted by Crippen LogP contribution is -2.24. The van der Waals surface area contributed by atoms with Gasteiger partial charge < -0.3 is 11.5 Å². The number of hydrogen-bond acceptors (Lipinski definition) is 2. The molecule has 4 N–H and O–H groups in total. The molecule has 1 aliphatic carbocycles. The smallest absolute Gasteiger partial charge is 0.280 e. The molecule has 2 aromatic carbocycles. The Kier molecular flexibility index (Phi) is 4.31. The first kappa shape index (κ1) is 16.4. The summed E-state index contributed by atoms with van der Waals surface area (Å²) < 4.78 is 14.4. The van der Waals surface area contributed by atoms with Gasteiger partial charge >= 0.3 is 0 Å². The van der Waals surface area contributed by atoms with E-state index < -0.39 is 11.7 Å². The van der Waals surface area contributed by atoms with E-state index in [1.54, 1.807) is 18.2 Å². The molecule has 0 radical (unpaired) electrons. The standard InChI is InChI=1S/C19H15FN4O/c20-16-6-2-4-13(10-21)17(16)14-5-1-3-11-7-8-12(9-15(11)14)18(25)24-19(22)23/h2,4-9H,1,3H2,(H4,22,23,24,25). The van der Waals surface area contributed by atoms with E-state index in [2.05, 4.69) is 4.99 Å². The molecule has 1 amide bonds. The van der Waals surface area contributed by atoms with Crippen LogP contribution in [-0.2, 0) is 6.42 Å². The number of aryl methyl sites for hydroxylation is 1. The predicted octanol–water partition coefficient (Wildman–Crippen LogP) is 2.49. The summed E-state index contributed by atoms with van der Waals surface area (Å²) in [5.74, 6) is -1.36. The normalized spacial score (nSPS) is 12.6. The number of nitriles is 1. The van der Waals surface area contributed by atoms with Crippen LogP contribution in [0.3, 0.4) is 0 Å². The second kappa shape index (κ2) is 6.57. The van der Waals surface area contributed by atoms with Gasteiger partial charge in [-0.3, -0.25) is 4.79 Å². The van der Waals surface area contributed by atoms with Gasteiger partial charge in [0.25, 0.3) is 5.91 Å². The first-order valence-corrected chi connectivity index (χ1v) is 7.67. The number of halogens is 1. The van der Waals surface area contributed by atoms with E-state index in [0.717, 1.165) is 18.4 Å². The van der Waals surface area contributed by atoms with Gasteiger partial charge in [0.05, 0.1) is 11.6 Å². The van der Waals surface area contributed by atoms with Crippen molar-refractivity contribution in [1.29, 1.82) is 5.26 Å². The summed E-state index contributed by atoms with van der Waals surface area (Å²) in [6, 6.07) is 11.5. The van der Waals surface area contributed by atoms with Crippen LogP contribution in [0, 0.1) is 17.1 Å². The number of hydrogen-bond donors (Lipinski definition) is 2. The van der Waals surface area contributed by atoms with E-state index in [1.165, 1.54) is 12.1 Å². The highest BCUT2D eigenvalue weighted by Gasteiger charge is 2.21. The van der Waals surface area contributed by atoms with Gasteiger partial charge in [-0.25, -0.2) is 4.39 Å². The second-order valence-electron chi connectivity index (χ2n) is 5.64. The molecule has 0 fully saturated rings. The number of fused-ring (bicyclic) bond motifs is 1. The molecule has 0 saturated carbocycles. The molecule has 2 aromatic rings. The molecule has 0 saturated heterocycles. The third kappa shape index (κ3) is 3.12. The molecule has 0 heterocycles. The molecule has 0 atom stereocenters. The Balaban J connectivity index is 2.16. The number of nitrogens with two attached hydrogens (primary N) is 2. The van der Waals surface area contributed by atoms with E-state index >= 15 is 0 Å². The SMILES string of the molecule is N#Cc1cccc(F)c1C1=CCCc2ccc(C(=O)N=C(N)N)cc21. The second-order valence-corrected chi connectivity index (χ2v) is 5.64. The minimum atomic E-state index is -0.568. The van der Waals surface area contributed by atoms with Crippen molar-refractivity contribution in [2.45, 2.75) is 12.8 Å².